The van der Waals surface area contributed by atoms with Crippen LogP contribution >= 0.6 is 25.4 Å². The minimum Gasteiger partial charge on any atom is -0.495 e. The molecule has 6 heteroatoms. The number of halogens is 1. The Morgan fingerprint density at radius 3 is 2.50 bits per heavy atom. The summed E-state index contributed by atoms with van der Waals surface area (Å²) in [6.07, 6.45) is 0. The maximum atomic E-state index is 12.0. The third kappa shape index (κ3) is 3.60. The Kier molecular flexibility index (Phi) is 5.81. The highest BCUT2D eigenvalue weighted by Crippen LogP contribution is 2.38. The Morgan fingerprint density at radius 2 is 1.91 bits per heavy atom. The first-order valence-electron chi connectivity index (χ1n) is 6.53. The average molecular weight is 383 g/mol. The van der Waals surface area contributed by atoms with Crippen LogP contribution in [0.3, 0.4) is 0 Å². The molecule has 2 aromatic carbocycles. The van der Waals surface area contributed by atoms with Crippen molar-refractivity contribution in [1.29, 1.82) is 0 Å². The van der Waals surface area contributed by atoms with Crippen LogP contribution in [-0.2, 0) is 11.1 Å². The fraction of sp³-hybridized carbons (Fsp3) is 0.188. The average Bonchev–Trinajstić information content (AvgIpc) is 2.56. The number of hydrogen-bond acceptors (Lipinski definition) is 4. The van der Waals surface area contributed by atoms with Crippen molar-refractivity contribution in [3.8, 4) is 11.5 Å². The van der Waals surface area contributed by atoms with Crippen molar-refractivity contribution in [2.45, 2.75) is 13.5 Å². The minimum atomic E-state index is -0.478. The molecule has 22 heavy (non-hydrogen) atoms. The summed E-state index contributed by atoms with van der Waals surface area (Å²) in [4.78, 5) is 12.0. The number of hydrogen-bond donors (Lipinski definition) is 0. The summed E-state index contributed by atoms with van der Waals surface area (Å²) < 4.78 is 16.6. The van der Waals surface area contributed by atoms with E-state index in [2.05, 4.69) is 15.9 Å². The third-order valence-electron chi connectivity index (χ3n) is 3.20. The van der Waals surface area contributed by atoms with E-state index in [9.17, 15) is 4.79 Å². The zero-order chi connectivity index (χ0) is 16.1. The van der Waals surface area contributed by atoms with E-state index in [0.717, 1.165) is 5.56 Å². The minimum absolute atomic E-state index is 0.349. The van der Waals surface area contributed by atoms with Gasteiger partial charge in [-0.15, -0.1) is 0 Å². The van der Waals surface area contributed by atoms with Crippen LogP contribution in [0.25, 0.3) is 0 Å². The number of rotatable bonds is 5. The fourth-order valence-corrected chi connectivity index (χ4v) is 2.64. The van der Waals surface area contributed by atoms with E-state index in [-0.39, 0.29) is 0 Å². The van der Waals surface area contributed by atoms with Crippen LogP contribution in [0, 0.1) is 6.92 Å². The third-order valence-corrected chi connectivity index (χ3v) is 4.40. The van der Waals surface area contributed by atoms with Gasteiger partial charge in [0.25, 0.3) is 0 Å². The molecule has 2 rings (SSSR count). The van der Waals surface area contributed by atoms with Gasteiger partial charge in [0.15, 0.2) is 0 Å². The molecule has 0 aromatic heterocycles. The van der Waals surface area contributed by atoms with Gasteiger partial charge >= 0.3 is 5.97 Å². The topological polar surface area (TPSA) is 44.8 Å². The van der Waals surface area contributed by atoms with Crippen molar-refractivity contribution in [1.82, 2.24) is 0 Å². The van der Waals surface area contributed by atoms with Crippen molar-refractivity contribution < 1.29 is 18.8 Å². The molecule has 0 bridgehead atoms. The lowest BCUT2D eigenvalue weighted by atomic mass is 10.1. The standard InChI is InChI=1S/C16H16BrO4P/c1-10-14(16(18)21-22)12(8-13(19-2)15(10)17)20-9-11-6-4-3-5-7-11/h3-8H,9,22H2,1-2H3. The molecule has 0 heterocycles. The van der Waals surface area contributed by atoms with Gasteiger partial charge in [0.1, 0.15) is 23.7 Å². The Morgan fingerprint density at radius 1 is 1.23 bits per heavy atom. The molecule has 0 aliphatic carbocycles. The Bertz CT molecular complexity index is 674. The summed E-state index contributed by atoms with van der Waals surface area (Å²) in [6, 6.07) is 11.4. The molecule has 1 atom stereocenters. The number of methoxy groups -OCH3 is 1. The molecule has 4 nitrogen and oxygen atoms in total. The van der Waals surface area contributed by atoms with Gasteiger partial charge in [-0.25, -0.2) is 4.79 Å². The zero-order valence-electron chi connectivity index (χ0n) is 12.3. The molecule has 116 valence electrons. The molecule has 0 aliphatic rings. The van der Waals surface area contributed by atoms with E-state index in [1.165, 1.54) is 0 Å². The van der Waals surface area contributed by atoms with Gasteiger partial charge in [-0.05, 0) is 34.0 Å². The van der Waals surface area contributed by atoms with Crippen LogP contribution in [0.4, 0.5) is 0 Å². The highest BCUT2D eigenvalue weighted by Gasteiger charge is 2.22. The smallest absolute Gasteiger partial charge is 0.344 e. The first-order chi connectivity index (χ1) is 10.6. The van der Waals surface area contributed by atoms with Crippen molar-refractivity contribution in [2.24, 2.45) is 0 Å². The highest BCUT2D eigenvalue weighted by molar-refractivity contribution is 9.10. The predicted molar refractivity (Wildman–Crippen MR) is 91.3 cm³/mol. The van der Waals surface area contributed by atoms with Crippen molar-refractivity contribution in [3.05, 3.63) is 57.6 Å². The molecular weight excluding hydrogens is 367 g/mol. The predicted octanol–water partition coefficient (Wildman–Crippen LogP) is 4.29. The van der Waals surface area contributed by atoms with Gasteiger partial charge in [0, 0.05) is 6.07 Å². The molecule has 0 N–H and O–H groups in total. The van der Waals surface area contributed by atoms with Crippen molar-refractivity contribution in [2.75, 3.05) is 7.11 Å². The highest BCUT2D eigenvalue weighted by atomic mass is 79.9. The normalized spacial score (nSPS) is 10.2. The molecule has 0 fully saturated rings. The molecule has 1 unspecified atom stereocenters. The Balaban J connectivity index is 2.39. The zero-order valence-corrected chi connectivity index (χ0v) is 15.0. The van der Waals surface area contributed by atoms with E-state index < -0.39 is 5.97 Å². The summed E-state index contributed by atoms with van der Waals surface area (Å²) in [5, 5.41) is 0. The second kappa shape index (κ2) is 7.61. The number of benzene rings is 2. The van der Waals surface area contributed by atoms with Gasteiger partial charge in [-0.3, -0.25) is 0 Å². The van der Waals surface area contributed by atoms with Gasteiger partial charge in [0.05, 0.1) is 21.0 Å². The largest absolute Gasteiger partial charge is 0.495 e. The first-order valence-corrected chi connectivity index (χ1v) is 7.79. The second-order valence-corrected chi connectivity index (χ2v) is 5.60. The summed E-state index contributed by atoms with van der Waals surface area (Å²) in [5.41, 5.74) is 2.08. The van der Waals surface area contributed by atoms with Crippen LogP contribution in [0.5, 0.6) is 11.5 Å². The van der Waals surface area contributed by atoms with Crippen LogP contribution in [-0.4, -0.2) is 13.1 Å². The van der Waals surface area contributed by atoms with Gasteiger partial charge in [-0.1, -0.05) is 30.3 Å². The van der Waals surface area contributed by atoms with Crippen LogP contribution in [0.2, 0.25) is 0 Å². The maximum absolute atomic E-state index is 12.0. The molecule has 0 saturated carbocycles. The molecule has 0 spiro atoms. The number of carbonyl (C=O) groups excluding carboxylic acids is 1. The molecule has 0 radical (unpaired) electrons. The fourth-order valence-electron chi connectivity index (χ4n) is 2.04. The van der Waals surface area contributed by atoms with Gasteiger partial charge in [-0.2, -0.15) is 0 Å². The molecular formula is C16H16BrO4P. The van der Waals surface area contributed by atoms with Crippen LogP contribution < -0.4 is 9.47 Å². The van der Waals surface area contributed by atoms with Crippen molar-refractivity contribution in [3.63, 3.8) is 0 Å². The lowest BCUT2D eigenvalue weighted by molar-refractivity contribution is 0.0759. The second-order valence-electron chi connectivity index (χ2n) is 4.57. The Hall–Kier alpha value is -1.58. The van der Waals surface area contributed by atoms with Gasteiger partial charge < -0.3 is 14.0 Å². The summed E-state index contributed by atoms with van der Waals surface area (Å²) in [5.74, 6) is 0.545. The van der Waals surface area contributed by atoms with Crippen molar-refractivity contribution >= 4 is 31.4 Å². The quantitative estimate of drug-likeness (QED) is 0.723. The summed E-state index contributed by atoms with van der Waals surface area (Å²) in [7, 11) is 3.52. The van der Waals surface area contributed by atoms with E-state index in [1.54, 1.807) is 20.1 Å². The molecule has 0 aliphatic heterocycles. The summed E-state index contributed by atoms with van der Waals surface area (Å²) in [6.45, 7) is 2.15. The van der Waals surface area contributed by atoms with E-state index >= 15 is 0 Å². The van der Waals surface area contributed by atoms with E-state index in [1.807, 2.05) is 39.8 Å². The number of carbonyl (C=O) groups is 1. The van der Waals surface area contributed by atoms with Crippen LogP contribution in [0.1, 0.15) is 21.5 Å². The number of ether oxygens (including phenoxy) is 2. The first kappa shape index (κ1) is 16.8. The lowest BCUT2D eigenvalue weighted by Gasteiger charge is -2.16. The lowest BCUT2D eigenvalue weighted by Crippen LogP contribution is -2.08. The summed E-state index contributed by atoms with van der Waals surface area (Å²) >= 11 is 3.42. The van der Waals surface area contributed by atoms with E-state index in [0.29, 0.717) is 33.7 Å². The SMILES string of the molecule is COc1cc(OCc2ccccc2)c(C(=O)OP)c(C)c1Br. The monoisotopic (exact) mass is 382 g/mol. The van der Waals surface area contributed by atoms with Gasteiger partial charge in [0.2, 0.25) is 0 Å². The van der Waals surface area contributed by atoms with Crippen LogP contribution in [0.15, 0.2) is 40.9 Å². The maximum Gasteiger partial charge on any atom is 0.344 e. The van der Waals surface area contributed by atoms with E-state index in [4.69, 9.17) is 14.0 Å². The molecule has 0 saturated heterocycles. The molecule has 2 aromatic rings. The Labute approximate surface area is 140 Å². The molecule has 0 amide bonds.